The smallest absolute Gasteiger partial charge is 0.141 e. The molecule has 0 saturated heterocycles. The van der Waals surface area contributed by atoms with Crippen LogP contribution in [0.4, 0.5) is 5.82 Å². The lowest BCUT2D eigenvalue weighted by Crippen LogP contribution is -2.06. The van der Waals surface area contributed by atoms with Crippen LogP contribution in [-0.2, 0) is 6.54 Å². The fourth-order valence-electron chi connectivity index (χ4n) is 1.82. The molecular weight excluding hydrogens is 262 g/mol. The first kappa shape index (κ1) is 13.7. The van der Waals surface area contributed by atoms with Crippen LogP contribution in [-0.4, -0.2) is 16.4 Å². The average Bonchev–Trinajstić information content (AvgIpc) is 2.64. The van der Waals surface area contributed by atoms with Gasteiger partial charge in [0.1, 0.15) is 16.6 Å². The summed E-state index contributed by atoms with van der Waals surface area (Å²) < 4.78 is 7.31. The van der Waals surface area contributed by atoms with Gasteiger partial charge < -0.3 is 10.5 Å². The molecule has 0 aliphatic carbocycles. The summed E-state index contributed by atoms with van der Waals surface area (Å²) in [7, 11) is 0. The molecule has 0 saturated carbocycles. The third-order valence-corrected chi connectivity index (χ3v) is 3.26. The van der Waals surface area contributed by atoms with E-state index in [0.717, 1.165) is 30.0 Å². The van der Waals surface area contributed by atoms with Crippen LogP contribution in [0.3, 0.4) is 0 Å². The van der Waals surface area contributed by atoms with Gasteiger partial charge >= 0.3 is 0 Å². The van der Waals surface area contributed by atoms with Gasteiger partial charge in [-0.1, -0.05) is 30.7 Å². The third kappa shape index (κ3) is 3.20. The molecule has 5 heteroatoms. The van der Waals surface area contributed by atoms with E-state index in [1.54, 1.807) is 4.68 Å². The molecule has 0 atom stereocenters. The molecule has 0 radical (unpaired) electrons. The lowest BCUT2D eigenvalue weighted by atomic mass is 10.2. The van der Waals surface area contributed by atoms with Crippen molar-refractivity contribution in [1.29, 1.82) is 0 Å². The number of nitrogen functional groups attached to an aromatic ring is 1. The van der Waals surface area contributed by atoms with E-state index < -0.39 is 0 Å². The van der Waals surface area contributed by atoms with Crippen molar-refractivity contribution in [3.63, 3.8) is 0 Å². The van der Waals surface area contributed by atoms with Gasteiger partial charge in [0.15, 0.2) is 0 Å². The maximum absolute atomic E-state index is 6.03. The van der Waals surface area contributed by atoms with Gasteiger partial charge in [-0.25, -0.2) is 4.68 Å². The van der Waals surface area contributed by atoms with E-state index in [1.807, 2.05) is 31.2 Å². The van der Waals surface area contributed by atoms with E-state index in [1.165, 1.54) is 0 Å². The highest BCUT2D eigenvalue weighted by molar-refractivity contribution is 6.33. The fraction of sp³-hybridized carbons (Fsp3) is 0.357. The molecule has 1 aromatic carbocycles. The Hall–Kier alpha value is -1.68. The number of ether oxygens (including phenoxy) is 1. The average molecular weight is 280 g/mol. The first-order valence-corrected chi connectivity index (χ1v) is 6.69. The van der Waals surface area contributed by atoms with Gasteiger partial charge in [0.2, 0.25) is 0 Å². The number of aryl methyl sites for hydroxylation is 1. The molecule has 0 spiro atoms. The Balaban J connectivity index is 2.16. The number of anilines is 1. The Morgan fingerprint density at radius 1 is 1.42 bits per heavy atom. The monoisotopic (exact) mass is 279 g/mol. The lowest BCUT2D eigenvalue weighted by molar-refractivity contribution is 0.317. The standard InChI is InChI=1S/C14H18ClN3O/c1-3-7-19-12-6-4-5-11(8-12)9-18-14(16)13(15)10(2)17-18/h4-6,8H,3,7,9,16H2,1-2H3. The predicted molar refractivity (Wildman–Crippen MR) is 77.7 cm³/mol. The number of rotatable bonds is 5. The van der Waals surface area contributed by atoms with Crippen molar-refractivity contribution >= 4 is 17.4 Å². The normalized spacial score (nSPS) is 10.7. The molecule has 0 fully saturated rings. The second-order valence-electron chi connectivity index (χ2n) is 4.44. The highest BCUT2D eigenvalue weighted by Gasteiger charge is 2.10. The zero-order chi connectivity index (χ0) is 13.8. The molecule has 0 aliphatic rings. The minimum Gasteiger partial charge on any atom is -0.494 e. The maximum atomic E-state index is 6.03. The molecule has 0 bridgehead atoms. The lowest BCUT2D eigenvalue weighted by Gasteiger charge is -2.08. The number of benzene rings is 1. The van der Waals surface area contributed by atoms with Crippen molar-refractivity contribution < 1.29 is 4.74 Å². The number of aromatic nitrogens is 2. The van der Waals surface area contributed by atoms with Crippen molar-refractivity contribution in [3.05, 3.63) is 40.5 Å². The van der Waals surface area contributed by atoms with E-state index in [0.29, 0.717) is 17.4 Å². The number of nitrogens with zero attached hydrogens (tertiary/aromatic N) is 2. The summed E-state index contributed by atoms with van der Waals surface area (Å²) in [6, 6.07) is 7.93. The summed E-state index contributed by atoms with van der Waals surface area (Å²) in [6.07, 6.45) is 0.991. The van der Waals surface area contributed by atoms with Crippen molar-refractivity contribution in [1.82, 2.24) is 9.78 Å². The first-order chi connectivity index (χ1) is 9.11. The molecule has 19 heavy (non-hydrogen) atoms. The van der Waals surface area contributed by atoms with Crippen LogP contribution >= 0.6 is 11.6 Å². The van der Waals surface area contributed by atoms with Gasteiger partial charge in [-0.3, -0.25) is 0 Å². The molecule has 0 aliphatic heterocycles. The molecule has 1 aromatic heterocycles. The molecule has 4 nitrogen and oxygen atoms in total. The molecule has 2 N–H and O–H groups in total. The summed E-state index contributed by atoms with van der Waals surface area (Å²) in [5.41, 5.74) is 7.74. The van der Waals surface area contributed by atoms with E-state index in [2.05, 4.69) is 12.0 Å². The summed E-state index contributed by atoms with van der Waals surface area (Å²) in [6.45, 7) is 5.23. The Morgan fingerprint density at radius 2 is 2.21 bits per heavy atom. The van der Waals surface area contributed by atoms with Gasteiger partial charge in [0.25, 0.3) is 0 Å². The van der Waals surface area contributed by atoms with Crippen molar-refractivity contribution in [3.8, 4) is 5.75 Å². The summed E-state index contributed by atoms with van der Waals surface area (Å²) in [5, 5.41) is 4.84. The van der Waals surface area contributed by atoms with Gasteiger partial charge in [-0.15, -0.1) is 0 Å². The molecule has 2 rings (SSSR count). The quantitative estimate of drug-likeness (QED) is 0.914. The van der Waals surface area contributed by atoms with E-state index in [4.69, 9.17) is 22.1 Å². The molecule has 102 valence electrons. The van der Waals surface area contributed by atoms with Crippen LogP contribution in [0.2, 0.25) is 5.02 Å². The third-order valence-electron chi connectivity index (χ3n) is 2.79. The Morgan fingerprint density at radius 3 is 2.84 bits per heavy atom. The van der Waals surface area contributed by atoms with Crippen LogP contribution in [0.1, 0.15) is 24.6 Å². The topological polar surface area (TPSA) is 53.1 Å². The number of hydrogen-bond donors (Lipinski definition) is 1. The van der Waals surface area contributed by atoms with Crippen LogP contribution < -0.4 is 10.5 Å². The number of nitrogens with two attached hydrogens (primary N) is 1. The highest BCUT2D eigenvalue weighted by Crippen LogP contribution is 2.23. The van der Waals surface area contributed by atoms with Crippen LogP contribution in [0.25, 0.3) is 0 Å². The molecule has 1 heterocycles. The summed E-state index contributed by atoms with van der Waals surface area (Å²) in [4.78, 5) is 0. The zero-order valence-corrected chi connectivity index (χ0v) is 11.9. The van der Waals surface area contributed by atoms with Crippen LogP contribution in [0.15, 0.2) is 24.3 Å². The van der Waals surface area contributed by atoms with Crippen molar-refractivity contribution in [2.24, 2.45) is 0 Å². The maximum Gasteiger partial charge on any atom is 0.141 e. The molecule has 0 amide bonds. The minimum absolute atomic E-state index is 0.499. The molecule has 2 aromatic rings. The second kappa shape index (κ2) is 5.97. The van der Waals surface area contributed by atoms with E-state index >= 15 is 0 Å². The van der Waals surface area contributed by atoms with E-state index in [9.17, 15) is 0 Å². The summed E-state index contributed by atoms with van der Waals surface area (Å²) >= 11 is 6.03. The van der Waals surface area contributed by atoms with Gasteiger partial charge in [-0.05, 0) is 31.0 Å². The molecule has 0 unspecified atom stereocenters. The second-order valence-corrected chi connectivity index (χ2v) is 4.82. The van der Waals surface area contributed by atoms with Crippen LogP contribution in [0, 0.1) is 6.92 Å². The Kier molecular flexibility index (Phi) is 4.32. The van der Waals surface area contributed by atoms with Crippen LogP contribution in [0.5, 0.6) is 5.75 Å². The van der Waals surface area contributed by atoms with Gasteiger partial charge in [0, 0.05) is 0 Å². The Labute approximate surface area is 118 Å². The first-order valence-electron chi connectivity index (χ1n) is 6.32. The SMILES string of the molecule is CCCOc1cccc(Cn2nc(C)c(Cl)c2N)c1. The van der Waals surface area contributed by atoms with Crippen molar-refractivity contribution in [2.45, 2.75) is 26.8 Å². The van der Waals surface area contributed by atoms with Gasteiger partial charge in [-0.2, -0.15) is 5.10 Å². The number of halogens is 1. The fourth-order valence-corrected chi connectivity index (χ4v) is 1.96. The predicted octanol–water partition coefficient (Wildman–Crippen LogP) is 3.26. The minimum atomic E-state index is 0.499. The zero-order valence-electron chi connectivity index (χ0n) is 11.2. The number of hydrogen-bond acceptors (Lipinski definition) is 3. The summed E-state index contributed by atoms with van der Waals surface area (Å²) in [5.74, 6) is 1.37. The highest BCUT2D eigenvalue weighted by atomic mass is 35.5. The molecular formula is C14H18ClN3O. The Bertz CT molecular complexity index is 566. The van der Waals surface area contributed by atoms with Gasteiger partial charge in [0.05, 0.1) is 18.8 Å². The van der Waals surface area contributed by atoms with E-state index in [-0.39, 0.29) is 0 Å². The van der Waals surface area contributed by atoms with Crippen molar-refractivity contribution in [2.75, 3.05) is 12.3 Å². The largest absolute Gasteiger partial charge is 0.494 e.